The predicted molar refractivity (Wildman–Crippen MR) is 346 cm³/mol. The predicted octanol–water partition coefficient (Wildman–Crippen LogP) is 16.3. The summed E-state index contributed by atoms with van der Waals surface area (Å²) in [7, 11) is 0. The van der Waals surface area contributed by atoms with Crippen LogP contribution in [0.4, 0.5) is 0 Å². The highest BCUT2D eigenvalue weighted by atomic mass is 16.6. The zero-order valence-corrected chi connectivity index (χ0v) is 57.4. The van der Waals surface area contributed by atoms with Gasteiger partial charge in [-0.15, -0.1) is 0 Å². The number of hydrogen-bond donors (Lipinski definition) is 4. The highest BCUT2D eigenvalue weighted by Crippen LogP contribution is 2.44. The maximum atomic E-state index is 14.1. The number of carbonyl (C=O) groups excluding carboxylic acids is 4. The first kappa shape index (κ1) is 72.4. The van der Waals surface area contributed by atoms with Gasteiger partial charge in [0.2, 0.25) is 0 Å². The average Bonchev–Trinajstić information content (AvgIpc) is 1.09. The number of esters is 4. The molecule has 4 aromatic rings. The number of phenolic OH excluding ortho intramolecular Hbond substituents is 4. The van der Waals surface area contributed by atoms with Crippen LogP contribution in [0.5, 0.6) is 23.0 Å². The third-order valence-corrected chi connectivity index (χ3v) is 16.1. The highest BCUT2D eigenvalue weighted by Gasteiger charge is 2.38. The van der Waals surface area contributed by atoms with Crippen LogP contribution in [-0.4, -0.2) is 70.7 Å². The summed E-state index contributed by atoms with van der Waals surface area (Å²) in [6.45, 7) is 47.5. The summed E-state index contributed by atoms with van der Waals surface area (Å²) in [6, 6.07) is 15.5. The van der Waals surface area contributed by atoms with E-state index in [4.69, 9.17) is 18.9 Å². The van der Waals surface area contributed by atoms with E-state index >= 15 is 0 Å². The van der Waals surface area contributed by atoms with Crippen molar-refractivity contribution in [3.8, 4) is 23.0 Å². The smallest absolute Gasteiger partial charge is 0.306 e. The molecule has 478 valence electrons. The maximum absolute atomic E-state index is 14.1. The van der Waals surface area contributed by atoms with Gasteiger partial charge < -0.3 is 39.4 Å². The zero-order chi connectivity index (χ0) is 65.7. The zero-order valence-electron chi connectivity index (χ0n) is 57.4. The Balaban J connectivity index is 1.74. The van der Waals surface area contributed by atoms with E-state index in [2.05, 4.69) is 0 Å². The molecule has 0 fully saturated rings. The van der Waals surface area contributed by atoms with Crippen molar-refractivity contribution in [2.45, 2.75) is 267 Å². The van der Waals surface area contributed by atoms with Gasteiger partial charge in [-0.25, -0.2) is 0 Å². The van der Waals surface area contributed by atoms with Crippen molar-refractivity contribution in [1.29, 1.82) is 0 Å². The van der Waals surface area contributed by atoms with Gasteiger partial charge in [0.15, 0.2) is 0 Å². The summed E-state index contributed by atoms with van der Waals surface area (Å²) in [6.07, 6.45) is 1.12. The maximum Gasteiger partial charge on any atom is 0.306 e. The van der Waals surface area contributed by atoms with Gasteiger partial charge in [0, 0.05) is 25.7 Å². The van der Waals surface area contributed by atoms with Gasteiger partial charge >= 0.3 is 23.9 Å². The summed E-state index contributed by atoms with van der Waals surface area (Å²) in [5.41, 5.74) is 5.11. The van der Waals surface area contributed by atoms with E-state index in [-0.39, 0.29) is 125 Å². The molecule has 0 aliphatic heterocycles. The molecule has 4 N–H and O–H groups in total. The second-order valence-corrected chi connectivity index (χ2v) is 32.6. The molecular weight excluding hydrogens is 1080 g/mol. The number of ether oxygens (including phenoxy) is 4. The molecule has 4 aromatic carbocycles. The molecule has 12 heteroatoms. The Morgan fingerprint density at radius 3 is 0.616 bits per heavy atom. The number of aromatic hydroxyl groups is 4. The first-order chi connectivity index (χ1) is 38.9. The van der Waals surface area contributed by atoms with Crippen LogP contribution < -0.4 is 0 Å². The number of rotatable bonds is 21. The molecule has 0 aliphatic rings. The van der Waals surface area contributed by atoms with E-state index in [0.717, 1.165) is 66.8 Å². The fourth-order valence-electron chi connectivity index (χ4n) is 10.6. The van der Waals surface area contributed by atoms with Crippen molar-refractivity contribution in [1.82, 2.24) is 0 Å². The lowest BCUT2D eigenvalue weighted by Gasteiger charge is -2.32. The molecule has 0 atom stereocenters. The Bertz CT molecular complexity index is 2660. The standard InChI is InChI=1S/C74H110O12/c1-66(2,3)50-35-46(36-51(62(50)79)67(4,5)6)25-29-58(75)83-34-33-74(43-84-59(76)30-26-47-37-52(68(7,8)9)63(80)53(38-47)69(10,11)12,44-85-60(77)31-27-48-39-54(70(13,14)15)64(81)55(40-48)71(16,17)18)45-86-61(78)32-28-49-41-56(72(19,20)21)65(82)57(42-49)73(22,23)24/h35-42,79-82H,25-34,43-45H2,1-24H3. The molecule has 12 nitrogen and oxygen atoms in total. The minimum Gasteiger partial charge on any atom is -0.507 e. The largest absolute Gasteiger partial charge is 0.507 e. The molecule has 0 amide bonds. The van der Waals surface area contributed by atoms with Crippen molar-refractivity contribution < 1.29 is 58.6 Å². The van der Waals surface area contributed by atoms with Gasteiger partial charge in [0.25, 0.3) is 0 Å². The fourth-order valence-corrected chi connectivity index (χ4v) is 10.6. The molecular formula is C74H110O12. The Kier molecular flexibility index (Phi) is 22.9. The van der Waals surface area contributed by atoms with Gasteiger partial charge in [-0.05, 0) is 142 Å². The molecule has 0 unspecified atom stereocenters. The third kappa shape index (κ3) is 20.3. The Hall–Kier alpha value is -6.04. The van der Waals surface area contributed by atoms with Gasteiger partial charge in [0.1, 0.15) is 42.8 Å². The van der Waals surface area contributed by atoms with Crippen molar-refractivity contribution in [3.05, 3.63) is 115 Å². The van der Waals surface area contributed by atoms with Gasteiger partial charge in [-0.3, -0.25) is 19.2 Å². The Morgan fingerprint density at radius 1 is 0.291 bits per heavy atom. The quantitative estimate of drug-likeness (QED) is 0.0458. The molecule has 0 aliphatic carbocycles. The van der Waals surface area contributed by atoms with Gasteiger partial charge in [-0.1, -0.05) is 215 Å². The average molecular weight is 1190 g/mol. The van der Waals surface area contributed by atoms with Gasteiger partial charge in [-0.2, -0.15) is 0 Å². The summed E-state index contributed by atoms with van der Waals surface area (Å²) in [5.74, 6) is -1.23. The lowest BCUT2D eigenvalue weighted by atomic mass is 9.78. The molecule has 0 saturated carbocycles. The lowest BCUT2D eigenvalue weighted by molar-refractivity contribution is -0.165. The van der Waals surface area contributed by atoms with Crippen molar-refractivity contribution in [2.24, 2.45) is 5.41 Å². The first-order valence-electron chi connectivity index (χ1n) is 31.0. The molecule has 0 bridgehead atoms. The number of phenols is 4. The Morgan fingerprint density at radius 2 is 0.453 bits per heavy atom. The van der Waals surface area contributed by atoms with E-state index in [0.29, 0.717) is 25.7 Å². The molecule has 0 saturated heterocycles. The van der Waals surface area contributed by atoms with E-state index in [9.17, 15) is 39.6 Å². The van der Waals surface area contributed by atoms with Crippen LogP contribution in [0.1, 0.15) is 265 Å². The van der Waals surface area contributed by atoms with Crippen molar-refractivity contribution in [3.63, 3.8) is 0 Å². The second kappa shape index (κ2) is 27.1. The van der Waals surface area contributed by atoms with E-state index in [1.54, 1.807) is 0 Å². The van der Waals surface area contributed by atoms with Crippen LogP contribution in [-0.2, 0) is 107 Å². The summed E-state index contributed by atoms with van der Waals surface area (Å²) in [5, 5.41) is 45.6. The number of aryl methyl sites for hydroxylation is 4. The van der Waals surface area contributed by atoms with Crippen LogP contribution in [0.15, 0.2) is 48.5 Å². The van der Waals surface area contributed by atoms with Crippen LogP contribution in [0.2, 0.25) is 0 Å². The summed E-state index contributed by atoms with van der Waals surface area (Å²) >= 11 is 0. The molecule has 86 heavy (non-hydrogen) atoms. The number of benzene rings is 4. The van der Waals surface area contributed by atoms with Crippen LogP contribution in [0, 0.1) is 5.41 Å². The minimum absolute atomic E-state index is 0.0191. The molecule has 0 aromatic heterocycles. The SMILES string of the molecule is CC(C)(C)c1cc(CCC(=O)OCCC(COC(=O)CCc2cc(C(C)(C)C)c(O)c(C(C)(C)C)c2)(COC(=O)CCc2cc(C(C)(C)C)c(O)c(C(C)(C)C)c2)COC(=O)CCc2cc(C(C)(C)C)c(O)c(C(C)(C)C)c2)cc(C(C)(C)C)c1O. The minimum atomic E-state index is -1.40. The second-order valence-electron chi connectivity index (χ2n) is 32.6. The van der Waals surface area contributed by atoms with E-state index < -0.39 is 29.3 Å². The van der Waals surface area contributed by atoms with E-state index in [1.165, 1.54) is 0 Å². The summed E-state index contributed by atoms with van der Waals surface area (Å²) < 4.78 is 24.4. The molecule has 0 radical (unpaired) electrons. The fraction of sp³-hybridized carbons (Fsp3) is 0.622. The van der Waals surface area contributed by atoms with Crippen LogP contribution in [0.25, 0.3) is 0 Å². The highest BCUT2D eigenvalue weighted by molar-refractivity contribution is 5.72. The molecule has 4 rings (SSSR count). The first-order valence-corrected chi connectivity index (χ1v) is 31.0. The van der Waals surface area contributed by atoms with Gasteiger partial charge in [0.05, 0.1) is 12.0 Å². The van der Waals surface area contributed by atoms with Crippen LogP contribution >= 0.6 is 0 Å². The van der Waals surface area contributed by atoms with Crippen molar-refractivity contribution >= 4 is 23.9 Å². The van der Waals surface area contributed by atoms with Crippen LogP contribution in [0.3, 0.4) is 0 Å². The lowest BCUT2D eigenvalue weighted by Crippen LogP contribution is -2.41. The number of carbonyl (C=O) groups is 4. The normalized spacial score (nSPS) is 13.2. The summed E-state index contributed by atoms with van der Waals surface area (Å²) in [4.78, 5) is 56.1. The third-order valence-electron chi connectivity index (χ3n) is 16.1. The van der Waals surface area contributed by atoms with E-state index in [1.807, 2.05) is 215 Å². The number of hydrogen-bond acceptors (Lipinski definition) is 12. The molecule has 0 heterocycles. The topological polar surface area (TPSA) is 186 Å². The monoisotopic (exact) mass is 1190 g/mol. The van der Waals surface area contributed by atoms with Crippen molar-refractivity contribution in [2.75, 3.05) is 26.4 Å². The Labute approximate surface area is 517 Å². The molecule has 0 spiro atoms.